The van der Waals surface area contributed by atoms with Crippen LogP contribution in [0.15, 0.2) is 54.6 Å². The highest BCUT2D eigenvalue weighted by Crippen LogP contribution is 2.24. The van der Waals surface area contributed by atoms with Gasteiger partial charge in [0.05, 0.1) is 19.6 Å². The molecule has 0 saturated heterocycles. The largest absolute Gasteiger partial charge is 0.493 e. The molecule has 0 saturated carbocycles. The number of hydrogen-bond acceptors (Lipinski definition) is 4. The van der Waals surface area contributed by atoms with Crippen LogP contribution in [0, 0.1) is 0 Å². The molecule has 4 nitrogen and oxygen atoms in total. The lowest BCUT2D eigenvalue weighted by atomic mass is 10.3. The van der Waals surface area contributed by atoms with Crippen molar-refractivity contribution in [2.45, 2.75) is 13.3 Å². The van der Waals surface area contributed by atoms with Gasteiger partial charge in [0.2, 0.25) is 0 Å². The summed E-state index contributed by atoms with van der Waals surface area (Å²) in [5, 5.41) is 0. The maximum absolute atomic E-state index is 11.2. The van der Waals surface area contributed by atoms with Gasteiger partial charge in [0.15, 0.2) is 0 Å². The molecule has 0 radical (unpaired) electrons. The third-order valence-electron chi connectivity index (χ3n) is 2.66. The molecule has 0 aromatic heterocycles. The number of rotatable bonds is 7. The predicted octanol–water partition coefficient (Wildman–Crippen LogP) is 3.81. The van der Waals surface area contributed by atoms with Crippen LogP contribution in [-0.4, -0.2) is 19.2 Å². The van der Waals surface area contributed by atoms with Gasteiger partial charge in [-0.3, -0.25) is 4.79 Å². The van der Waals surface area contributed by atoms with Gasteiger partial charge in [0, 0.05) is 6.07 Å². The van der Waals surface area contributed by atoms with Crippen LogP contribution in [-0.2, 0) is 9.53 Å². The Labute approximate surface area is 124 Å². The minimum Gasteiger partial charge on any atom is -0.493 e. The van der Waals surface area contributed by atoms with E-state index in [9.17, 15) is 4.79 Å². The molecule has 2 aromatic carbocycles. The second kappa shape index (κ2) is 7.94. The maximum atomic E-state index is 11.2. The third-order valence-corrected chi connectivity index (χ3v) is 2.66. The Morgan fingerprint density at radius 1 is 0.952 bits per heavy atom. The van der Waals surface area contributed by atoms with E-state index >= 15 is 0 Å². The summed E-state index contributed by atoms with van der Waals surface area (Å²) in [6.07, 6.45) is 0.234. The molecule has 2 rings (SSSR count). The predicted molar refractivity (Wildman–Crippen MR) is 79.7 cm³/mol. The molecule has 2 aromatic rings. The van der Waals surface area contributed by atoms with Crippen molar-refractivity contribution in [1.82, 2.24) is 0 Å². The molecule has 110 valence electrons. The van der Waals surface area contributed by atoms with Gasteiger partial charge in [-0.05, 0) is 31.2 Å². The summed E-state index contributed by atoms with van der Waals surface area (Å²) in [6, 6.07) is 16.8. The van der Waals surface area contributed by atoms with Gasteiger partial charge in [-0.2, -0.15) is 0 Å². The van der Waals surface area contributed by atoms with Gasteiger partial charge in [-0.1, -0.05) is 24.3 Å². The van der Waals surface area contributed by atoms with E-state index in [4.69, 9.17) is 14.2 Å². The van der Waals surface area contributed by atoms with E-state index in [0.717, 1.165) is 5.75 Å². The van der Waals surface area contributed by atoms with Crippen molar-refractivity contribution in [3.63, 3.8) is 0 Å². The van der Waals surface area contributed by atoms with E-state index in [1.165, 1.54) is 0 Å². The van der Waals surface area contributed by atoms with Crippen LogP contribution in [0.25, 0.3) is 0 Å². The number of carbonyl (C=O) groups excluding carboxylic acids is 1. The van der Waals surface area contributed by atoms with Crippen LogP contribution in [0.1, 0.15) is 13.3 Å². The smallest absolute Gasteiger partial charge is 0.309 e. The molecule has 0 unspecified atom stereocenters. The first kappa shape index (κ1) is 14.9. The summed E-state index contributed by atoms with van der Waals surface area (Å²) in [5.41, 5.74) is 0. The lowest BCUT2D eigenvalue weighted by Crippen LogP contribution is -2.09. The third kappa shape index (κ3) is 5.18. The highest BCUT2D eigenvalue weighted by molar-refractivity contribution is 5.69. The molecule has 0 fully saturated rings. The van der Waals surface area contributed by atoms with Crippen LogP contribution in [0.2, 0.25) is 0 Å². The molecule has 0 aliphatic carbocycles. The minimum absolute atomic E-state index is 0.234. The van der Waals surface area contributed by atoms with Crippen molar-refractivity contribution in [3.05, 3.63) is 54.6 Å². The Morgan fingerprint density at radius 3 is 2.43 bits per heavy atom. The molecule has 0 heterocycles. The van der Waals surface area contributed by atoms with Crippen molar-refractivity contribution in [2.24, 2.45) is 0 Å². The topological polar surface area (TPSA) is 44.8 Å². The Hall–Kier alpha value is -2.49. The number of benzene rings is 2. The Morgan fingerprint density at radius 2 is 1.67 bits per heavy atom. The monoisotopic (exact) mass is 286 g/mol. The fourth-order valence-electron chi connectivity index (χ4n) is 1.74. The van der Waals surface area contributed by atoms with E-state index in [-0.39, 0.29) is 19.0 Å². The van der Waals surface area contributed by atoms with Crippen LogP contribution < -0.4 is 9.47 Å². The molecule has 21 heavy (non-hydrogen) atoms. The van der Waals surface area contributed by atoms with Gasteiger partial charge < -0.3 is 14.2 Å². The minimum atomic E-state index is -0.255. The molecular weight excluding hydrogens is 268 g/mol. The zero-order valence-corrected chi connectivity index (χ0v) is 12.0. The van der Waals surface area contributed by atoms with E-state index in [1.54, 1.807) is 13.0 Å². The quantitative estimate of drug-likeness (QED) is 0.726. The van der Waals surface area contributed by atoms with E-state index in [2.05, 4.69) is 0 Å². The molecule has 0 aliphatic heterocycles. The van der Waals surface area contributed by atoms with E-state index in [1.807, 2.05) is 48.5 Å². The van der Waals surface area contributed by atoms with Crippen LogP contribution in [0.5, 0.6) is 17.2 Å². The summed E-state index contributed by atoms with van der Waals surface area (Å²) in [5.74, 6) is 1.86. The molecule has 0 amide bonds. The second-order valence-electron chi connectivity index (χ2n) is 4.29. The second-order valence-corrected chi connectivity index (χ2v) is 4.29. The first-order valence-electron chi connectivity index (χ1n) is 6.89. The molecule has 0 bridgehead atoms. The number of hydrogen-bond donors (Lipinski definition) is 0. The lowest BCUT2D eigenvalue weighted by molar-refractivity contribution is -0.143. The van der Waals surface area contributed by atoms with Gasteiger partial charge in [0.25, 0.3) is 0 Å². The van der Waals surface area contributed by atoms with Crippen molar-refractivity contribution in [3.8, 4) is 17.2 Å². The van der Waals surface area contributed by atoms with Crippen molar-refractivity contribution >= 4 is 5.97 Å². The molecule has 0 atom stereocenters. The normalized spacial score (nSPS) is 9.95. The SMILES string of the molecule is CCOC(=O)CCOc1cccc(Oc2ccccc2)c1. The van der Waals surface area contributed by atoms with Crippen molar-refractivity contribution in [1.29, 1.82) is 0 Å². The summed E-state index contributed by atoms with van der Waals surface area (Å²) >= 11 is 0. The van der Waals surface area contributed by atoms with Crippen molar-refractivity contribution in [2.75, 3.05) is 13.2 Å². The molecule has 0 spiro atoms. The molecule has 0 aliphatic rings. The number of para-hydroxylation sites is 1. The van der Waals surface area contributed by atoms with Gasteiger partial charge in [0.1, 0.15) is 17.2 Å². The molecular formula is C17H18O4. The van der Waals surface area contributed by atoms with E-state index in [0.29, 0.717) is 18.1 Å². The highest BCUT2D eigenvalue weighted by Gasteiger charge is 2.03. The number of carbonyl (C=O) groups is 1. The summed E-state index contributed by atoms with van der Waals surface area (Å²) in [7, 11) is 0. The Balaban J connectivity index is 1.87. The van der Waals surface area contributed by atoms with Gasteiger partial charge in [-0.25, -0.2) is 0 Å². The van der Waals surface area contributed by atoms with Gasteiger partial charge in [-0.15, -0.1) is 0 Å². The maximum Gasteiger partial charge on any atom is 0.309 e. The number of ether oxygens (including phenoxy) is 3. The lowest BCUT2D eigenvalue weighted by Gasteiger charge is -2.09. The average Bonchev–Trinajstić information content (AvgIpc) is 2.49. The van der Waals surface area contributed by atoms with E-state index < -0.39 is 0 Å². The van der Waals surface area contributed by atoms with Crippen LogP contribution >= 0.6 is 0 Å². The standard InChI is InChI=1S/C17H18O4/c1-2-19-17(18)11-12-20-15-9-6-10-16(13-15)21-14-7-4-3-5-8-14/h3-10,13H,2,11-12H2,1H3. The Kier molecular flexibility index (Phi) is 5.64. The summed E-state index contributed by atoms with van der Waals surface area (Å²) in [6.45, 7) is 2.45. The summed E-state index contributed by atoms with van der Waals surface area (Å²) in [4.78, 5) is 11.2. The average molecular weight is 286 g/mol. The zero-order valence-electron chi connectivity index (χ0n) is 12.0. The van der Waals surface area contributed by atoms with Crippen LogP contribution in [0.3, 0.4) is 0 Å². The first-order chi connectivity index (χ1) is 10.3. The fraction of sp³-hybridized carbons (Fsp3) is 0.235. The van der Waals surface area contributed by atoms with Gasteiger partial charge >= 0.3 is 5.97 Å². The summed E-state index contributed by atoms with van der Waals surface area (Å²) < 4.78 is 16.1. The Bertz CT molecular complexity index is 566. The zero-order chi connectivity index (χ0) is 14.9. The van der Waals surface area contributed by atoms with Crippen molar-refractivity contribution < 1.29 is 19.0 Å². The highest BCUT2D eigenvalue weighted by atomic mass is 16.5. The molecule has 0 N–H and O–H groups in total. The van der Waals surface area contributed by atoms with Crippen LogP contribution in [0.4, 0.5) is 0 Å². The molecule has 4 heteroatoms. The first-order valence-corrected chi connectivity index (χ1v) is 6.89. The number of esters is 1. The fourth-order valence-corrected chi connectivity index (χ4v) is 1.74.